The van der Waals surface area contributed by atoms with Crippen LogP contribution in [-0.2, 0) is 11.2 Å². The second kappa shape index (κ2) is 5.68. The number of amides is 1. The fourth-order valence-electron chi connectivity index (χ4n) is 3.59. The maximum absolute atomic E-state index is 12.5. The fourth-order valence-corrected chi connectivity index (χ4v) is 3.59. The van der Waals surface area contributed by atoms with Gasteiger partial charge in [-0.2, -0.15) is 0 Å². The first-order valence-corrected chi connectivity index (χ1v) is 7.95. The Hall–Kier alpha value is -1.55. The average molecular weight is 287 g/mol. The molecule has 3 rings (SSSR count). The van der Waals surface area contributed by atoms with Gasteiger partial charge in [0, 0.05) is 24.2 Å². The van der Waals surface area contributed by atoms with E-state index in [1.807, 2.05) is 0 Å². The molecule has 1 aliphatic carbocycles. The van der Waals surface area contributed by atoms with Gasteiger partial charge in [-0.25, -0.2) is 0 Å². The van der Waals surface area contributed by atoms with Crippen LogP contribution in [0.25, 0.3) is 0 Å². The van der Waals surface area contributed by atoms with E-state index in [-0.39, 0.29) is 11.9 Å². The highest BCUT2D eigenvalue weighted by Gasteiger charge is 2.30. The molecule has 1 aromatic rings. The van der Waals surface area contributed by atoms with Gasteiger partial charge in [-0.15, -0.1) is 0 Å². The Bertz CT molecular complexity index is 547. The number of anilines is 1. The predicted molar refractivity (Wildman–Crippen MR) is 85.4 cm³/mol. The molecule has 1 saturated carbocycles. The zero-order chi connectivity index (χ0) is 15.0. The second-order valence-corrected chi connectivity index (χ2v) is 6.64. The highest BCUT2D eigenvalue weighted by molar-refractivity contribution is 5.88. The van der Waals surface area contributed by atoms with Crippen molar-refractivity contribution in [3.05, 3.63) is 28.8 Å². The molecule has 21 heavy (non-hydrogen) atoms. The Balaban J connectivity index is 1.62. The molecular weight excluding hydrogens is 262 g/mol. The minimum Gasteiger partial charge on any atom is -0.373 e. The number of benzene rings is 1. The Labute approximate surface area is 126 Å². The number of rotatable bonds is 2. The van der Waals surface area contributed by atoms with Gasteiger partial charge in [0.05, 0.1) is 0 Å². The van der Waals surface area contributed by atoms with E-state index in [1.54, 1.807) is 0 Å². The molecule has 1 aliphatic heterocycles. The molecular formula is C17H25N3O. The van der Waals surface area contributed by atoms with Crippen LogP contribution in [0.3, 0.4) is 0 Å². The lowest BCUT2D eigenvalue weighted by Crippen LogP contribution is -2.46. The topological polar surface area (TPSA) is 67.2 Å². The van der Waals surface area contributed by atoms with Gasteiger partial charge in [0.2, 0.25) is 5.91 Å². The molecule has 4 N–H and O–H groups in total. The largest absolute Gasteiger partial charge is 0.373 e. The number of fused-ring (bicyclic) bond motifs is 1. The second-order valence-electron chi connectivity index (χ2n) is 6.64. The minimum atomic E-state index is -0.129. The van der Waals surface area contributed by atoms with Gasteiger partial charge < -0.3 is 16.4 Å². The summed E-state index contributed by atoms with van der Waals surface area (Å²) in [6.45, 7) is 4.20. The van der Waals surface area contributed by atoms with E-state index in [0.29, 0.717) is 12.1 Å². The number of aryl methyl sites for hydroxylation is 2. The van der Waals surface area contributed by atoms with Gasteiger partial charge in [-0.3, -0.25) is 4.79 Å². The number of carbonyl (C=O) groups excluding carboxylic acids is 1. The standard InChI is InChI=1S/C17H25N3O/c1-10-7-11(2)16-12(8-10)9-15(20-16)17(21)19-14-5-3-13(18)4-6-14/h7-8,13-15,20H,3-6,9,18H2,1-2H3,(H,19,21). The van der Waals surface area contributed by atoms with Gasteiger partial charge in [0.15, 0.2) is 0 Å². The summed E-state index contributed by atoms with van der Waals surface area (Å²) in [4.78, 5) is 12.5. The van der Waals surface area contributed by atoms with Crippen molar-refractivity contribution in [3.63, 3.8) is 0 Å². The van der Waals surface area contributed by atoms with Gasteiger partial charge in [0.1, 0.15) is 6.04 Å². The predicted octanol–water partition coefficient (Wildman–Crippen LogP) is 2.03. The third-order valence-electron chi connectivity index (χ3n) is 4.74. The number of carbonyl (C=O) groups is 1. The molecule has 1 amide bonds. The van der Waals surface area contributed by atoms with Crippen molar-refractivity contribution in [3.8, 4) is 0 Å². The summed E-state index contributed by atoms with van der Waals surface area (Å²) in [7, 11) is 0. The monoisotopic (exact) mass is 287 g/mol. The van der Waals surface area contributed by atoms with Gasteiger partial charge in [-0.1, -0.05) is 17.7 Å². The van der Waals surface area contributed by atoms with Crippen molar-refractivity contribution in [1.82, 2.24) is 5.32 Å². The molecule has 4 heteroatoms. The summed E-state index contributed by atoms with van der Waals surface area (Å²) in [5, 5.41) is 6.58. The van der Waals surface area contributed by atoms with Gasteiger partial charge in [-0.05, 0) is 50.7 Å². The van der Waals surface area contributed by atoms with E-state index in [1.165, 1.54) is 16.7 Å². The quantitative estimate of drug-likeness (QED) is 0.779. The minimum absolute atomic E-state index is 0.128. The lowest BCUT2D eigenvalue weighted by atomic mass is 9.91. The fraction of sp³-hybridized carbons (Fsp3) is 0.588. The van der Waals surface area contributed by atoms with Crippen LogP contribution >= 0.6 is 0 Å². The molecule has 1 aromatic carbocycles. The van der Waals surface area contributed by atoms with E-state index in [4.69, 9.17) is 5.73 Å². The van der Waals surface area contributed by atoms with Crippen LogP contribution in [0.15, 0.2) is 12.1 Å². The molecule has 0 radical (unpaired) electrons. The summed E-state index contributed by atoms with van der Waals surface area (Å²) < 4.78 is 0. The first-order valence-electron chi connectivity index (χ1n) is 7.95. The third-order valence-corrected chi connectivity index (χ3v) is 4.74. The molecule has 0 bridgehead atoms. The molecule has 1 unspecified atom stereocenters. The van der Waals surface area contributed by atoms with Crippen LogP contribution in [-0.4, -0.2) is 24.0 Å². The number of hydrogen-bond donors (Lipinski definition) is 3. The van der Waals surface area contributed by atoms with Crippen molar-refractivity contribution < 1.29 is 4.79 Å². The van der Waals surface area contributed by atoms with Gasteiger partial charge in [0.25, 0.3) is 0 Å². The van der Waals surface area contributed by atoms with Crippen LogP contribution in [0, 0.1) is 13.8 Å². The SMILES string of the molecule is Cc1cc(C)c2c(c1)CC(C(=O)NC1CCC(N)CC1)N2. The van der Waals surface area contributed by atoms with Gasteiger partial charge >= 0.3 is 0 Å². The Morgan fingerprint density at radius 3 is 2.67 bits per heavy atom. The molecule has 1 atom stereocenters. The maximum Gasteiger partial charge on any atom is 0.243 e. The van der Waals surface area contributed by atoms with E-state index < -0.39 is 0 Å². The first kappa shape index (κ1) is 14.4. The average Bonchev–Trinajstić information content (AvgIpc) is 2.85. The molecule has 0 aromatic heterocycles. The van der Waals surface area contributed by atoms with E-state index in [2.05, 4.69) is 36.6 Å². The van der Waals surface area contributed by atoms with Crippen molar-refractivity contribution in [2.45, 2.75) is 64.1 Å². The molecule has 114 valence electrons. The highest BCUT2D eigenvalue weighted by Crippen LogP contribution is 2.30. The van der Waals surface area contributed by atoms with Crippen LogP contribution in [0.5, 0.6) is 0 Å². The lowest BCUT2D eigenvalue weighted by molar-refractivity contribution is -0.122. The number of hydrogen-bond acceptors (Lipinski definition) is 3. The smallest absolute Gasteiger partial charge is 0.243 e. The summed E-state index contributed by atoms with van der Waals surface area (Å²) in [6, 6.07) is 4.83. The van der Waals surface area contributed by atoms with Crippen LogP contribution in [0.1, 0.15) is 42.4 Å². The third kappa shape index (κ3) is 3.05. The first-order chi connectivity index (χ1) is 10.0. The summed E-state index contributed by atoms with van der Waals surface area (Å²) in [5.41, 5.74) is 10.8. The van der Waals surface area contributed by atoms with E-state index >= 15 is 0 Å². The molecule has 1 heterocycles. The van der Waals surface area contributed by atoms with Crippen molar-refractivity contribution in [2.75, 3.05) is 5.32 Å². The maximum atomic E-state index is 12.5. The Morgan fingerprint density at radius 1 is 1.24 bits per heavy atom. The van der Waals surface area contributed by atoms with Crippen LogP contribution in [0.2, 0.25) is 0 Å². The van der Waals surface area contributed by atoms with Crippen LogP contribution < -0.4 is 16.4 Å². The summed E-state index contributed by atoms with van der Waals surface area (Å²) in [5.74, 6) is 0.128. The highest BCUT2D eigenvalue weighted by atomic mass is 16.2. The van der Waals surface area contributed by atoms with E-state index in [0.717, 1.165) is 37.8 Å². The normalized spacial score (nSPS) is 27.9. The van der Waals surface area contributed by atoms with E-state index in [9.17, 15) is 4.79 Å². The molecule has 1 fully saturated rings. The Morgan fingerprint density at radius 2 is 1.95 bits per heavy atom. The van der Waals surface area contributed by atoms with Crippen molar-refractivity contribution in [2.24, 2.45) is 5.73 Å². The summed E-state index contributed by atoms with van der Waals surface area (Å²) in [6.07, 6.45) is 4.83. The number of nitrogens with two attached hydrogens (primary N) is 1. The lowest BCUT2D eigenvalue weighted by Gasteiger charge is -2.27. The summed E-state index contributed by atoms with van der Waals surface area (Å²) >= 11 is 0. The Kier molecular flexibility index (Phi) is 3.89. The molecule has 0 spiro atoms. The van der Waals surface area contributed by atoms with Crippen molar-refractivity contribution >= 4 is 11.6 Å². The molecule has 0 saturated heterocycles. The molecule has 2 aliphatic rings. The number of nitrogens with one attached hydrogen (secondary N) is 2. The van der Waals surface area contributed by atoms with Crippen LogP contribution in [0.4, 0.5) is 5.69 Å². The molecule has 4 nitrogen and oxygen atoms in total. The van der Waals surface area contributed by atoms with Crippen molar-refractivity contribution in [1.29, 1.82) is 0 Å². The zero-order valence-electron chi connectivity index (χ0n) is 12.9. The zero-order valence-corrected chi connectivity index (χ0v) is 12.9.